The first kappa shape index (κ1) is 9.59. The van der Waals surface area contributed by atoms with Gasteiger partial charge in [-0.05, 0) is 19.4 Å². The van der Waals surface area contributed by atoms with Crippen LogP contribution in [0.4, 0.5) is 0 Å². The number of carbonyl (C=O) groups excluding carboxylic acids is 1. The number of nitrogens with two attached hydrogens (primary N) is 1. The highest BCUT2D eigenvalue weighted by Crippen LogP contribution is 1.98. The van der Waals surface area contributed by atoms with Crippen LogP contribution in [0.25, 0.3) is 0 Å². The zero-order valence-corrected chi connectivity index (χ0v) is 6.18. The van der Waals surface area contributed by atoms with Gasteiger partial charge < -0.3 is 10.8 Å². The zero-order valence-electron chi connectivity index (χ0n) is 6.18. The minimum atomic E-state index is -0.317. The number of hydrogen-bond acceptors (Lipinski definition) is 3. The summed E-state index contributed by atoms with van der Waals surface area (Å²) in [7, 11) is 0. The molecule has 0 aromatic heterocycles. The Morgan fingerprint density at radius 1 is 1.30 bits per heavy atom. The number of unbranched alkanes of at least 4 members (excludes halogenated alkanes) is 2. The van der Waals surface area contributed by atoms with Gasteiger partial charge in [-0.15, -0.1) is 0 Å². The van der Waals surface area contributed by atoms with Gasteiger partial charge in [0.2, 0.25) is 0 Å². The summed E-state index contributed by atoms with van der Waals surface area (Å²) in [6.45, 7) is 0.371. The first-order valence-corrected chi connectivity index (χ1v) is 3.64. The van der Waals surface area contributed by atoms with E-state index in [1.165, 1.54) is 0 Å². The maximum absolute atomic E-state index is 10.5. The Labute approximate surface area is 61.2 Å². The SMILES string of the molecule is NCCCCCC(=O)CO. The van der Waals surface area contributed by atoms with Crippen molar-refractivity contribution >= 4 is 5.78 Å². The molecule has 3 heteroatoms. The topological polar surface area (TPSA) is 63.3 Å². The molecule has 0 bridgehead atoms. The molecule has 0 fully saturated rings. The second-order valence-corrected chi connectivity index (χ2v) is 2.30. The van der Waals surface area contributed by atoms with E-state index in [1.54, 1.807) is 0 Å². The van der Waals surface area contributed by atoms with Crippen molar-refractivity contribution in [2.45, 2.75) is 25.7 Å². The average Bonchev–Trinajstić information content (AvgIpc) is 1.98. The highest BCUT2D eigenvalue weighted by atomic mass is 16.3. The van der Waals surface area contributed by atoms with Crippen LogP contribution in [0, 0.1) is 0 Å². The fourth-order valence-corrected chi connectivity index (χ4v) is 0.722. The maximum Gasteiger partial charge on any atom is 0.158 e. The van der Waals surface area contributed by atoms with Crippen molar-refractivity contribution in [3.8, 4) is 0 Å². The van der Waals surface area contributed by atoms with Crippen LogP contribution in [0.2, 0.25) is 0 Å². The molecule has 0 rings (SSSR count). The Kier molecular flexibility index (Phi) is 6.43. The monoisotopic (exact) mass is 145 g/mol. The molecule has 0 aliphatic heterocycles. The lowest BCUT2D eigenvalue weighted by Crippen LogP contribution is -2.04. The minimum absolute atomic E-state index is 0.0722. The lowest BCUT2D eigenvalue weighted by Gasteiger charge is -1.95. The predicted octanol–water partition coefficient (Wildman–Crippen LogP) is 0.0669. The van der Waals surface area contributed by atoms with Gasteiger partial charge in [0, 0.05) is 6.42 Å². The van der Waals surface area contributed by atoms with Crippen LogP contribution < -0.4 is 5.73 Å². The van der Waals surface area contributed by atoms with Gasteiger partial charge in [0.15, 0.2) is 5.78 Å². The summed E-state index contributed by atoms with van der Waals surface area (Å²) in [6, 6.07) is 0. The highest BCUT2D eigenvalue weighted by Gasteiger charge is 1.97. The van der Waals surface area contributed by atoms with E-state index in [-0.39, 0.29) is 12.4 Å². The summed E-state index contributed by atoms with van der Waals surface area (Å²) in [5, 5.41) is 8.32. The lowest BCUT2D eigenvalue weighted by molar-refractivity contribution is -0.121. The van der Waals surface area contributed by atoms with Crippen LogP contribution in [0.5, 0.6) is 0 Å². The summed E-state index contributed by atoms with van der Waals surface area (Å²) in [6.07, 6.45) is 3.31. The zero-order chi connectivity index (χ0) is 7.82. The molecule has 3 N–H and O–H groups in total. The largest absolute Gasteiger partial charge is 0.389 e. The fraction of sp³-hybridized carbons (Fsp3) is 0.857. The molecule has 0 unspecified atom stereocenters. The number of rotatable bonds is 6. The van der Waals surface area contributed by atoms with Crippen LogP contribution in [0.3, 0.4) is 0 Å². The third-order valence-corrected chi connectivity index (χ3v) is 1.34. The third-order valence-electron chi connectivity index (χ3n) is 1.34. The Hall–Kier alpha value is -0.410. The molecule has 0 saturated carbocycles. The van der Waals surface area contributed by atoms with Gasteiger partial charge in [0.1, 0.15) is 6.61 Å². The van der Waals surface area contributed by atoms with E-state index < -0.39 is 0 Å². The van der Waals surface area contributed by atoms with Crippen LogP contribution in [0.15, 0.2) is 0 Å². The molecule has 0 aromatic rings. The Morgan fingerprint density at radius 2 is 2.00 bits per heavy atom. The van der Waals surface area contributed by atoms with E-state index in [9.17, 15) is 4.79 Å². The number of ketones is 1. The van der Waals surface area contributed by atoms with Crippen LogP contribution >= 0.6 is 0 Å². The average molecular weight is 145 g/mol. The summed E-state index contributed by atoms with van der Waals surface area (Å²) >= 11 is 0. The Bertz CT molecular complexity index is 93.6. The Morgan fingerprint density at radius 3 is 2.50 bits per heavy atom. The molecule has 0 radical (unpaired) electrons. The molecule has 3 nitrogen and oxygen atoms in total. The smallest absolute Gasteiger partial charge is 0.158 e. The molecule has 10 heavy (non-hydrogen) atoms. The van der Waals surface area contributed by atoms with E-state index in [0.29, 0.717) is 13.0 Å². The second kappa shape index (κ2) is 6.71. The third kappa shape index (κ3) is 5.72. The summed E-state index contributed by atoms with van der Waals surface area (Å²) < 4.78 is 0. The normalized spacial score (nSPS) is 9.80. The van der Waals surface area contributed by atoms with Gasteiger partial charge in [-0.1, -0.05) is 6.42 Å². The van der Waals surface area contributed by atoms with Crippen molar-refractivity contribution in [1.29, 1.82) is 0 Å². The Balaban J connectivity index is 2.96. The molecule has 0 amide bonds. The number of hydrogen-bond donors (Lipinski definition) is 2. The minimum Gasteiger partial charge on any atom is -0.389 e. The van der Waals surface area contributed by atoms with Gasteiger partial charge in [0.25, 0.3) is 0 Å². The molecule has 0 saturated heterocycles. The van der Waals surface area contributed by atoms with Gasteiger partial charge in [-0.2, -0.15) is 0 Å². The summed E-state index contributed by atoms with van der Waals surface area (Å²) in [5.41, 5.74) is 5.24. The number of aliphatic hydroxyl groups is 1. The van der Waals surface area contributed by atoms with E-state index in [1.807, 2.05) is 0 Å². The van der Waals surface area contributed by atoms with E-state index in [0.717, 1.165) is 19.3 Å². The highest BCUT2D eigenvalue weighted by molar-refractivity contribution is 5.79. The van der Waals surface area contributed by atoms with Crippen molar-refractivity contribution < 1.29 is 9.90 Å². The van der Waals surface area contributed by atoms with Gasteiger partial charge in [-0.3, -0.25) is 4.79 Å². The fourth-order valence-electron chi connectivity index (χ4n) is 0.722. The first-order valence-electron chi connectivity index (χ1n) is 3.64. The number of aliphatic hydroxyl groups excluding tert-OH is 1. The van der Waals surface area contributed by atoms with Crippen molar-refractivity contribution in [2.24, 2.45) is 5.73 Å². The molecule has 0 aliphatic rings. The number of carbonyl (C=O) groups is 1. The molecular weight excluding hydrogens is 130 g/mol. The van der Waals surface area contributed by atoms with E-state index in [4.69, 9.17) is 10.8 Å². The van der Waals surface area contributed by atoms with Gasteiger partial charge in [-0.25, -0.2) is 0 Å². The second-order valence-electron chi connectivity index (χ2n) is 2.30. The quantitative estimate of drug-likeness (QED) is 0.520. The molecule has 0 heterocycles. The summed E-state index contributed by atoms with van der Waals surface area (Å²) in [5.74, 6) is -0.0722. The van der Waals surface area contributed by atoms with Crippen LogP contribution in [0.1, 0.15) is 25.7 Å². The van der Waals surface area contributed by atoms with Crippen molar-refractivity contribution in [1.82, 2.24) is 0 Å². The molecule has 0 aromatic carbocycles. The van der Waals surface area contributed by atoms with E-state index in [2.05, 4.69) is 0 Å². The standard InChI is InChI=1S/C7H15NO2/c8-5-3-1-2-4-7(10)6-9/h9H,1-6,8H2. The lowest BCUT2D eigenvalue weighted by atomic mass is 10.1. The predicted molar refractivity (Wildman–Crippen MR) is 39.6 cm³/mol. The molecule has 0 aliphatic carbocycles. The molecular formula is C7H15NO2. The van der Waals surface area contributed by atoms with Crippen molar-refractivity contribution in [3.63, 3.8) is 0 Å². The maximum atomic E-state index is 10.5. The van der Waals surface area contributed by atoms with Crippen LogP contribution in [-0.4, -0.2) is 24.0 Å². The first-order chi connectivity index (χ1) is 4.81. The van der Waals surface area contributed by atoms with Gasteiger partial charge in [0.05, 0.1) is 0 Å². The van der Waals surface area contributed by atoms with Crippen molar-refractivity contribution in [3.05, 3.63) is 0 Å². The van der Waals surface area contributed by atoms with Crippen LogP contribution in [-0.2, 0) is 4.79 Å². The van der Waals surface area contributed by atoms with Crippen molar-refractivity contribution in [2.75, 3.05) is 13.2 Å². The molecule has 0 spiro atoms. The number of Topliss-reactive ketones (excluding diaryl/α,β-unsaturated/α-hetero) is 1. The van der Waals surface area contributed by atoms with E-state index >= 15 is 0 Å². The molecule has 0 atom stereocenters. The molecule has 60 valence electrons. The summed E-state index contributed by atoms with van der Waals surface area (Å²) in [4.78, 5) is 10.5. The van der Waals surface area contributed by atoms with Gasteiger partial charge >= 0.3 is 0 Å².